The largest absolute Gasteiger partial charge is 0.497 e. The minimum atomic E-state index is -0.106. The molecule has 1 atom stereocenters. The predicted molar refractivity (Wildman–Crippen MR) is 76.7 cm³/mol. The summed E-state index contributed by atoms with van der Waals surface area (Å²) in [5.41, 5.74) is 7.22. The van der Waals surface area contributed by atoms with Crippen molar-refractivity contribution in [1.82, 2.24) is 10.1 Å². The summed E-state index contributed by atoms with van der Waals surface area (Å²) in [5, 5.41) is 3.99. The van der Waals surface area contributed by atoms with E-state index >= 15 is 0 Å². The average molecular weight is 293 g/mol. The highest BCUT2D eigenvalue weighted by Gasteiger charge is 2.23. The first kappa shape index (κ1) is 13.3. The Labute approximate surface area is 120 Å². The Morgan fingerprint density at radius 2 is 2.35 bits per heavy atom. The van der Waals surface area contributed by atoms with Gasteiger partial charge in [0, 0.05) is 23.3 Å². The lowest BCUT2D eigenvalue weighted by Gasteiger charge is -2.18. The molecule has 1 aromatic heterocycles. The van der Waals surface area contributed by atoms with E-state index in [0.717, 1.165) is 11.5 Å². The smallest absolute Gasteiger partial charge is 0.260 e. The van der Waals surface area contributed by atoms with Gasteiger partial charge in [0.15, 0.2) is 0 Å². The molecule has 0 amide bonds. The van der Waals surface area contributed by atoms with Crippen LogP contribution in [0.25, 0.3) is 11.5 Å². The monoisotopic (exact) mass is 293 g/mol. The van der Waals surface area contributed by atoms with Crippen molar-refractivity contribution in [1.29, 1.82) is 0 Å². The molecule has 1 fully saturated rings. The van der Waals surface area contributed by atoms with E-state index in [1.54, 1.807) is 13.2 Å². The fourth-order valence-electron chi connectivity index (χ4n) is 1.97. The van der Waals surface area contributed by atoms with E-state index in [-0.39, 0.29) is 6.10 Å². The molecule has 1 aromatic carbocycles. The Morgan fingerprint density at radius 1 is 1.45 bits per heavy atom. The maximum Gasteiger partial charge on any atom is 0.260 e. The van der Waals surface area contributed by atoms with E-state index in [9.17, 15) is 0 Å². The van der Waals surface area contributed by atoms with Crippen LogP contribution in [0.2, 0.25) is 0 Å². The van der Waals surface area contributed by atoms with Gasteiger partial charge in [-0.05, 0) is 12.1 Å². The number of benzene rings is 1. The molecule has 20 heavy (non-hydrogen) atoms. The lowest BCUT2D eigenvalue weighted by Crippen LogP contribution is -2.16. The van der Waals surface area contributed by atoms with E-state index in [0.29, 0.717) is 35.3 Å². The quantitative estimate of drug-likeness (QED) is 0.868. The number of rotatable bonds is 3. The fourth-order valence-corrected chi connectivity index (χ4v) is 2.81. The highest BCUT2D eigenvalue weighted by molar-refractivity contribution is 7.99. The summed E-state index contributed by atoms with van der Waals surface area (Å²) in [6, 6.07) is 5.34. The zero-order valence-corrected chi connectivity index (χ0v) is 11.9. The van der Waals surface area contributed by atoms with Crippen molar-refractivity contribution in [3.8, 4) is 17.2 Å². The third-order valence-electron chi connectivity index (χ3n) is 3.03. The van der Waals surface area contributed by atoms with Crippen LogP contribution in [0, 0.1) is 0 Å². The van der Waals surface area contributed by atoms with Crippen molar-refractivity contribution < 1.29 is 14.0 Å². The molecule has 2 N–H and O–H groups in total. The average Bonchev–Trinajstić information content (AvgIpc) is 2.97. The zero-order valence-electron chi connectivity index (χ0n) is 11.0. The first-order chi connectivity index (χ1) is 9.78. The number of hydrogen-bond acceptors (Lipinski definition) is 7. The Balaban J connectivity index is 1.85. The molecule has 1 aliphatic heterocycles. The molecule has 1 aliphatic rings. The first-order valence-corrected chi connectivity index (χ1v) is 7.40. The number of nitrogen functional groups attached to an aromatic ring is 1. The minimum absolute atomic E-state index is 0.106. The molecule has 6 nitrogen and oxygen atoms in total. The van der Waals surface area contributed by atoms with Gasteiger partial charge in [-0.1, -0.05) is 5.16 Å². The van der Waals surface area contributed by atoms with Crippen molar-refractivity contribution in [2.75, 3.05) is 31.0 Å². The number of aromatic nitrogens is 2. The zero-order chi connectivity index (χ0) is 13.9. The topological polar surface area (TPSA) is 83.4 Å². The molecule has 0 aliphatic carbocycles. The highest BCUT2D eigenvalue weighted by atomic mass is 32.2. The molecule has 2 aromatic rings. The van der Waals surface area contributed by atoms with Crippen LogP contribution in [-0.2, 0) is 4.74 Å². The van der Waals surface area contributed by atoms with Gasteiger partial charge in [-0.25, -0.2) is 0 Å². The highest BCUT2D eigenvalue weighted by Crippen LogP contribution is 2.30. The Morgan fingerprint density at radius 3 is 3.05 bits per heavy atom. The summed E-state index contributed by atoms with van der Waals surface area (Å²) in [5.74, 6) is 3.52. The Kier molecular flexibility index (Phi) is 3.79. The molecule has 0 spiro atoms. The third-order valence-corrected chi connectivity index (χ3v) is 4.03. The molecular weight excluding hydrogens is 278 g/mol. The van der Waals surface area contributed by atoms with Gasteiger partial charge in [0.2, 0.25) is 5.82 Å². The molecular formula is C13H15N3O3S. The number of thioether (sulfide) groups is 1. The van der Waals surface area contributed by atoms with E-state index < -0.39 is 0 Å². The summed E-state index contributed by atoms with van der Waals surface area (Å²) in [6.45, 7) is 0.712. The summed E-state index contributed by atoms with van der Waals surface area (Å²) in [7, 11) is 1.59. The number of hydrogen-bond donors (Lipinski definition) is 1. The molecule has 3 rings (SSSR count). The Hall–Kier alpha value is -1.73. The van der Waals surface area contributed by atoms with Gasteiger partial charge in [0.05, 0.1) is 19.3 Å². The minimum Gasteiger partial charge on any atom is -0.497 e. The van der Waals surface area contributed by atoms with Crippen molar-refractivity contribution in [3.63, 3.8) is 0 Å². The summed E-state index contributed by atoms with van der Waals surface area (Å²) >= 11 is 1.82. The molecule has 0 saturated carbocycles. The van der Waals surface area contributed by atoms with Crippen molar-refractivity contribution in [2.45, 2.75) is 6.10 Å². The van der Waals surface area contributed by atoms with Crippen LogP contribution in [0.15, 0.2) is 22.7 Å². The van der Waals surface area contributed by atoms with Crippen molar-refractivity contribution in [3.05, 3.63) is 24.0 Å². The second-order valence-electron chi connectivity index (χ2n) is 4.35. The summed E-state index contributed by atoms with van der Waals surface area (Å²) < 4.78 is 16.0. The lowest BCUT2D eigenvalue weighted by atomic mass is 10.1. The SMILES string of the molecule is COc1ccc(-c2nc(C3CSCCO3)no2)c(N)c1. The van der Waals surface area contributed by atoms with Crippen LogP contribution >= 0.6 is 11.8 Å². The standard InChI is InChI=1S/C13H15N3O3S/c1-17-8-2-3-9(10(14)6-8)13-15-12(16-19-13)11-7-20-5-4-18-11/h2-3,6,11H,4-5,7,14H2,1H3. The molecule has 0 radical (unpaired) electrons. The fraction of sp³-hybridized carbons (Fsp3) is 0.385. The van der Waals surface area contributed by atoms with Crippen LogP contribution < -0.4 is 10.5 Å². The third kappa shape index (κ3) is 2.59. The maximum absolute atomic E-state index is 5.97. The molecule has 2 heterocycles. The number of nitrogens with zero attached hydrogens (tertiary/aromatic N) is 2. The van der Waals surface area contributed by atoms with Gasteiger partial charge >= 0.3 is 0 Å². The van der Waals surface area contributed by atoms with Gasteiger partial charge in [-0.2, -0.15) is 16.7 Å². The molecule has 106 valence electrons. The lowest BCUT2D eigenvalue weighted by molar-refractivity contribution is 0.0677. The van der Waals surface area contributed by atoms with Crippen LogP contribution in [0.3, 0.4) is 0 Å². The van der Waals surface area contributed by atoms with Crippen LogP contribution in [0.4, 0.5) is 5.69 Å². The van der Waals surface area contributed by atoms with Crippen LogP contribution in [-0.4, -0.2) is 35.4 Å². The van der Waals surface area contributed by atoms with E-state index in [4.69, 9.17) is 19.7 Å². The number of methoxy groups -OCH3 is 1. The first-order valence-electron chi connectivity index (χ1n) is 6.25. The van der Waals surface area contributed by atoms with Crippen molar-refractivity contribution >= 4 is 17.4 Å². The maximum atomic E-state index is 5.97. The predicted octanol–water partition coefficient (Wildman–Crippen LogP) is 2.13. The molecule has 7 heteroatoms. The van der Waals surface area contributed by atoms with Crippen LogP contribution in [0.5, 0.6) is 5.75 Å². The van der Waals surface area contributed by atoms with Gasteiger partial charge in [0.25, 0.3) is 5.89 Å². The number of anilines is 1. The number of nitrogens with two attached hydrogens (primary N) is 1. The van der Waals surface area contributed by atoms with E-state index in [1.807, 2.05) is 23.9 Å². The second kappa shape index (κ2) is 5.72. The molecule has 0 bridgehead atoms. The van der Waals surface area contributed by atoms with E-state index in [2.05, 4.69) is 10.1 Å². The van der Waals surface area contributed by atoms with Gasteiger partial charge < -0.3 is 19.7 Å². The summed E-state index contributed by atoms with van der Waals surface area (Å²) in [4.78, 5) is 4.38. The normalized spacial score (nSPS) is 18.9. The number of ether oxygens (including phenoxy) is 2. The molecule has 1 unspecified atom stereocenters. The van der Waals surface area contributed by atoms with Gasteiger partial charge in [0.1, 0.15) is 11.9 Å². The molecule has 1 saturated heterocycles. The van der Waals surface area contributed by atoms with Crippen LogP contribution in [0.1, 0.15) is 11.9 Å². The summed E-state index contributed by atoms with van der Waals surface area (Å²) in [6.07, 6.45) is -0.106. The van der Waals surface area contributed by atoms with Gasteiger partial charge in [-0.15, -0.1) is 0 Å². The Bertz CT molecular complexity index is 596. The van der Waals surface area contributed by atoms with Crippen molar-refractivity contribution in [2.24, 2.45) is 0 Å². The van der Waals surface area contributed by atoms with E-state index in [1.165, 1.54) is 0 Å². The second-order valence-corrected chi connectivity index (χ2v) is 5.50. The van der Waals surface area contributed by atoms with Gasteiger partial charge in [-0.3, -0.25) is 0 Å².